The zero-order chi connectivity index (χ0) is 22.5. The summed E-state index contributed by atoms with van der Waals surface area (Å²) >= 11 is 5.71. The van der Waals surface area contributed by atoms with E-state index < -0.39 is 23.2 Å². The molecule has 1 atom stereocenters. The van der Waals surface area contributed by atoms with Crippen molar-refractivity contribution in [2.45, 2.75) is 30.8 Å². The number of amides is 1. The highest BCUT2D eigenvalue weighted by Crippen LogP contribution is 2.75. The standard InChI is InChI=1S/C22H19ClFN3O5/c1-29-12-2-4-13(5-3-12)31-20-27-26-19(32-20)22-9-21(10-22,11-22)17(18(25)28)30-14-6-7-15(23)16(24)8-14/h2-8,17H,9-11H2,1H3,(H2,25,28). The molecule has 32 heavy (non-hydrogen) atoms. The Morgan fingerprint density at radius 3 is 2.41 bits per heavy atom. The molecular formula is C22H19ClFN3O5. The number of nitrogens with two attached hydrogens (primary N) is 1. The Labute approximate surface area is 187 Å². The molecule has 3 saturated carbocycles. The minimum Gasteiger partial charge on any atom is -0.497 e. The van der Waals surface area contributed by atoms with Gasteiger partial charge in [0, 0.05) is 11.5 Å². The van der Waals surface area contributed by atoms with Crippen molar-refractivity contribution in [1.82, 2.24) is 10.2 Å². The van der Waals surface area contributed by atoms with Crippen LogP contribution in [0.5, 0.6) is 23.3 Å². The zero-order valence-electron chi connectivity index (χ0n) is 17.0. The first kappa shape index (κ1) is 20.6. The summed E-state index contributed by atoms with van der Waals surface area (Å²) in [6, 6.07) is 11.0. The van der Waals surface area contributed by atoms with Crippen LogP contribution in [-0.4, -0.2) is 29.3 Å². The number of nitrogens with zero attached hydrogens (tertiary/aromatic N) is 2. The number of aromatic nitrogens is 2. The van der Waals surface area contributed by atoms with Crippen molar-refractivity contribution in [2.75, 3.05) is 7.11 Å². The summed E-state index contributed by atoms with van der Waals surface area (Å²) in [7, 11) is 1.58. The fourth-order valence-corrected chi connectivity index (χ4v) is 4.87. The summed E-state index contributed by atoms with van der Waals surface area (Å²) in [4.78, 5) is 12.1. The summed E-state index contributed by atoms with van der Waals surface area (Å²) in [6.07, 6.45) is 0.904. The van der Waals surface area contributed by atoms with E-state index >= 15 is 0 Å². The maximum absolute atomic E-state index is 13.7. The van der Waals surface area contributed by atoms with Gasteiger partial charge in [0.25, 0.3) is 5.91 Å². The summed E-state index contributed by atoms with van der Waals surface area (Å²) in [5.41, 5.74) is 4.81. The number of hydrogen-bond acceptors (Lipinski definition) is 7. The Morgan fingerprint density at radius 1 is 1.12 bits per heavy atom. The Kier molecular flexibility index (Phi) is 4.74. The van der Waals surface area contributed by atoms with Gasteiger partial charge in [0.05, 0.1) is 17.5 Å². The van der Waals surface area contributed by atoms with Gasteiger partial charge in [-0.1, -0.05) is 16.7 Å². The molecule has 1 aromatic heterocycles. The lowest BCUT2D eigenvalue weighted by atomic mass is 9.33. The van der Waals surface area contributed by atoms with E-state index in [2.05, 4.69) is 10.2 Å². The van der Waals surface area contributed by atoms with Crippen molar-refractivity contribution < 1.29 is 27.8 Å². The van der Waals surface area contributed by atoms with Gasteiger partial charge in [-0.25, -0.2) is 4.39 Å². The van der Waals surface area contributed by atoms with Crippen molar-refractivity contribution in [1.29, 1.82) is 0 Å². The van der Waals surface area contributed by atoms with Gasteiger partial charge in [-0.3, -0.25) is 4.79 Å². The third-order valence-corrected chi connectivity index (χ3v) is 6.46. The second kappa shape index (κ2) is 7.37. The number of methoxy groups -OCH3 is 1. The summed E-state index contributed by atoms with van der Waals surface area (Å²) in [5.74, 6) is 0.647. The molecule has 6 rings (SSSR count). The SMILES string of the molecule is COc1ccc(Oc2nnc(C34CC(C(Oc5ccc(Cl)c(F)c5)C(N)=O)(C3)C4)o2)cc1. The lowest BCUT2D eigenvalue weighted by molar-refractivity contribution is -0.208. The smallest absolute Gasteiger partial charge is 0.420 e. The van der Waals surface area contributed by atoms with Crippen molar-refractivity contribution >= 4 is 17.5 Å². The van der Waals surface area contributed by atoms with Crippen LogP contribution in [0.4, 0.5) is 4.39 Å². The second-order valence-electron chi connectivity index (χ2n) is 8.30. The molecule has 3 fully saturated rings. The van der Waals surface area contributed by atoms with Crippen LogP contribution in [0.15, 0.2) is 46.9 Å². The Morgan fingerprint density at radius 2 is 1.78 bits per heavy atom. The van der Waals surface area contributed by atoms with E-state index in [4.69, 9.17) is 36.0 Å². The fraction of sp³-hybridized carbons (Fsp3) is 0.318. The van der Waals surface area contributed by atoms with Gasteiger partial charge in [0.15, 0.2) is 6.10 Å². The molecule has 0 aliphatic heterocycles. The molecular weight excluding hydrogens is 441 g/mol. The predicted octanol–water partition coefficient (Wildman–Crippen LogP) is 4.02. The van der Waals surface area contributed by atoms with Gasteiger partial charge < -0.3 is 24.4 Å². The lowest BCUT2D eigenvalue weighted by Gasteiger charge is -2.69. The minimum absolute atomic E-state index is 0.0264. The van der Waals surface area contributed by atoms with Crippen molar-refractivity contribution in [2.24, 2.45) is 11.1 Å². The first-order chi connectivity index (χ1) is 15.3. The summed E-state index contributed by atoms with van der Waals surface area (Å²) in [5, 5.41) is 8.07. The van der Waals surface area contributed by atoms with E-state index in [0.717, 1.165) is 6.07 Å². The molecule has 3 aliphatic carbocycles. The van der Waals surface area contributed by atoms with E-state index in [1.54, 1.807) is 31.4 Å². The van der Waals surface area contributed by atoms with Crippen molar-refractivity contribution in [3.05, 3.63) is 59.2 Å². The van der Waals surface area contributed by atoms with Gasteiger partial charge in [-0.15, -0.1) is 5.10 Å². The Hall–Kier alpha value is -3.33. The lowest BCUT2D eigenvalue weighted by Crippen LogP contribution is -2.72. The molecule has 2 bridgehead atoms. The predicted molar refractivity (Wildman–Crippen MR) is 110 cm³/mol. The molecule has 10 heteroatoms. The highest BCUT2D eigenvalue weighted by molar-refractivity contribution is 6.30. The largest absolute Gasteiger partial charge is 0.497 e. The molecule has 166 valence electrons. The van der Waals surface area contributed by atoms with Gasteiger partial charge in [-0.05, 0) is 55.7 Å². The number of primary amides is 1. The number of benzene rings is 2. The van der Waals surface area contributed by atoms with Crippen LogP contribution >= 0.6 is 11.6 Å². The fourth-order valence-electron chi connectivity index (χ4n) is 4.75. The first-order valence-electron chi connectivity index (χ1n) is 9.89. The van der Waals surface area contributed by atoms with Gasteiger partial charge in [0.2, 0.25) is 5.89 Å². The monoisotopic (exact) mass is 459 g/mol. The number of rotatable bonds is 8. The zero-order valence-corrected chi connectivity index (χ0v) is 17.8. The molecule has 0 radical (unpaired) electrons. The maximum Gasteiger partial charge on any atom is 0.420 e. The van der Waals surface area contributed by atoms with Crippen molar-refractivity contribution in [3.63, 3.8) is 0 Å². The van der Waals surface area contributed by atoms with Crippen molar-refractivity contribution in [3.8, 4) is 23.3 Å². The number of hydrogen-bond donors (Lipinski definition) is 1. The van der Waals surface area contributed by atoms with Gasteiger partial charge >= 0.3 is 6.08 Å². The van der Waals surface area contributed by atoms with Crippen LogP contribution in [0.2, 0.25) is 5.02 Å². The van der Waals surface area contributed by atoms with Crippen LogP contribution < -0.4 is 19.9 Å². The van der Waals surface area contributed by atoms with Crippen LogP contribution in [0, 0.1) is 11.2 Å². The molecule has 8 nitrogen and oxygen atoms in total. The highest BCUT2D eigenvalue weighted by Gasteiger charge is 2.75. The number of halogens is 2. The third kappa shape index (κ3) is 3.33. The van der Waals surface area contributed by atoms with Crippen LogP contribution in [-0.2, 0) is 10.2 Å². The third-order valence-electron chi connectivity index (χ3n) is 6.16. The molecule has 1 heterocycles. The molecule has 0 saturated heterocycles. The van der Waals surface area contributed by atoms with E-state index in [1.165, 1.54) is 12.1 Å². The van der Waals surface area contributed by atoms with Crippen LogP contribution in [0.1, 0.15) is 25.2 Å². The quantitative estimate of drug-likeness (QED) is 0.541. The number of ether oxygens (including phenoxy) is 3. The second-order valence-corrected chi connectivity index (χ2v) is 8.71. The van der Waals surface area contributed by atoms with E-state index in [9.17, 15) is 9.18 Å². The molecule has 3 aromatic rings. The molecule has 0 spiro atoms. The molecule has 2 aromatic carbocycles. The number of carbonyl (C=O) groups excluding carboxylic acids is 1. The first-order valence-corrected chi connectivity index (χ1v) is 10.3. The molecule has 3 aliphatic rings. The Balaban J connectivity index is 1.26. The average molecular weight is 460 g/mol. The van der Waals surface area contributed by atoms with E-state index in [1.807, 2.05) is 0 Å². The number of carbonyl (C=O) groups is 1. The van der Waals surface area contributed by atoms with E-state index in [0.29, 0.717) is 36.7 Å². The summed E-state index contributed by atoms with van der Waals surface area (Å²) < 4.78 is 36.0. The highest BCUT2D eigenvalue weighted by atomic mass is 35.5. The topological polar surface area (TPSA) is 110 Å². The normalized spacial score (nSPS) is 24.1. The van der Waals surface area contributed by atoms with E-state index in [-0.39, 0.29) is 22.3 Å². The molecule has 2 N–H and O–H groups in total. The minimum atomic E-state index is -0.900. The molecule has 1 unspecified atom stereocenters. The Bertz CT molecular complexity index is 1160. The van der Waals surface area contributed by atoms with Gasteiger partial charge in [-0.2, -0.15) is 0 Å². The van der Waals surface area contributed by atoms with Gasteiger partial charge in [0.1, 0.15) is 23.1 Å². The summed E-state index contributed by atoms with van der Waals surface area (Å²) in [6.45, 7) is 0. The maximum atomic E-state index is 13.7. The van der Waals surface area contributed by atoms with Crippen LogP contribution in [0.3, 0.4) is 0 Å². The van der Waals surface area contributed by atoms with Crippen LogP contribution in [0.25, 0.3) is 0 Å². The average Bonchev–Trinajstić information content (AvgIpc) is 3.16. The molecule has 1 amide bonds.